The van der Waals surface area contributed by atoms with E-state index in [2.05, 4.69) is 0 Å². The van der Waals surface area contributed by atoms with Gasteiger partial charge < -0.3 is 29.2 Å². The predicted molar refractivity (Wildman–Crippen MR) is 139 cm³/mol. The molecule has 2 aliphatic rings. The van der Waals surface area contributed by atoms with Crippen molar-refractivity contribution in [3.8, 4) is 5.75 Å². The van der Waals surface area contributed by atoms with Crippen molar-refractivity contribution >= 4 is 19.5 Å². The molecule has 11 nitrogen and oxygen atoms in total. The molecule has 2 aromatic rings. The van der Waals surface area contributed by atoms with Gasteiger partial charge in [-0.25, -0.2) is 4.57 Å². The van der Waals surface area contributed by atoms with Crippen LogP contribution in [0.4, 0.5) is 0 Å². The highest BCUT2D eigenvalue weighted by molar-refractivity contribution is 7.54. The van der Waals surface area contributed by atoms with E-state index in [1.807, 2.05) is 0 Å². The summed E-state index contributed by atoms with van der Waals surface area (Å²) in [5.74, 6) is -2.39. The van der Waals surface area contributed by atoms with Gasteiger partial charge in [-0.05, 0) is 45.9 Å². The highest BCUT2D eigenvalue weighted by atomic mass is 31.2. The van der Waals surface area contributed by atoms with Crippen LogP contribution in [0.15, 0.2) is 54.9 Å². The second-order valence-electron chi connectivity index (χ2n) is 10.4. The number of primary amides is 1. The number of nitrogens with zero attached hydrogens (tertiary/aromatic N) is 1. The van der Waals surface area contributed by atoms with Crippen molar-refractivity contribution in [3.63, 3.8) is 0 Å². The Labute approximate surface area is 228 Å². The molecule has 1 aromatic heterocycles. The number of pyridine rings is 1. The molecular weight excluding hydrogens is 527 g/mol. The molecule has 0 spiro atoms. The van der Waals surface area contributed by atoms with Gasteiger partial charge in [0.1, 0.15) is 23.5 Å². The molecule has 6 atom stereocenters. The van der Waals surface area contributed by atoms with E-state index in [1.165, 1.54) is 0 Å². The first-order chi connectivity index (χ1) is 18.4. The molecule has 2 fully saturated rings. The predicted octanol–water partition coefficient (Wildman–Crippen LogP) is 3.37. The first-order valence-corrected chi connectivity index (χ1v) is 14.6. The van der Waals surface area contributed by atoms with Gasteiger partial charge in [-0.3, -0.25) is 14.1 Å². The Hall–Kier alpha value is -2.82. The van der Waals surface area contributed by atoms with E-state index in [1.54, 1.807) is 94.0 Å². The van der Waals surface area contributed by atoms with E-state index in [0.29, 0.717) is 11.3 Å². The van der Waals surface area contributed by atoms with E-state index in [0.717, 1.165) is 0 Å². The van der Waals surface area contributed by atoms with Crippen molar-refractivity contribution in [1.29, 1.82) is 0 Å². The highest BCUT2D eigenvalue weighted by Gasteiger charge is 2.59. The van der Waals surface area contributed by atoms with Gasteiger partial charge in [-0.15, -0.1) is 0 Å². The number of hydrogen-bond donors (Lipinski definition) is 1. The minimum Gasteiger partial charge on any atom is -0.463 e. The third kappa shape index (κ3) is 7.23. The summed E-state index contributed by atoms with van der Waals surface area (Å²) in [6, 6.07) is 11.9. The molecule has 0 aliphatic carbocycles. The molecule has 2 unspecified atom stereocenters. The third-order valence-corrected chi connectivity index (χ3v) is 8.23. The molecule has 4 rings (SSSR count). The van der Waals surface area contributed by atoms with Crippen molar-refractivity contribution in [3.05, 3.63) is 60.4 Å². The average molecular weight is 564 g/mol. The number of carbonyl (C=O) groups excluding carboxylic acids is 2. The molecule has 2 saturated heterocycles. The van der Waals surface area contributed by atoms with E-state index in [-0.39, 0.29) is 18.9 Å². The number of amides is 1. The minimum atomic E-state index is -3.87. The maximum atomic E-state index is 14.0. The second-order valence-corrected chi connectivity index (χ2v) is 12.4. The number of fused-ring (bicyclic) bond motifs is 1. The smallest absolute Gasteiger partial charge is 0.380 e. The zero-order chi connectivity index (χ0) is 28.4. The maximum Gasteiger partial charge on any atom is 0.380 e. The van der Waals surface area contributed by atoms with Gasteiger partial charge in [-0.1, -0.05) is 25.1 Å². The van der Waals surface area contributed by atoms with Gasteiger partial charge in [-0.2, -0.15) is 4.57 Å². The fourth-order valence-corrected chi connectivity index (χ4v) is 6.40. The van der Waals surface area contributed by atoms with Crippen LogP contribution in [0.25, 0.3) is 0 Å². The zero-order valence-corrected chi connectivity index (χ0v) is 23.6. The number of benzene rings is 1. The first-order valence-electron chi connectivity index (χ1n) is 12.9. The Morgan fingerprint density at radius 2 is 1.77 bits per heavy atom. The Balaban J connectivity index is 1.54. The van der Waals surface area contributed by atoms with Crippen molar-refractivity contribution in [1.82, 2.24) is 0 Å². The number of carbonyl (C=O) groups is 2. The number of aromatic nitrogens is 1. The number of ether oxygens (including phenoxy) is 4. The number of nitrogens with two attached hydrogens (primary N) is 1. The van der Waals surface area contributed by atoms with E-state index < -0.39 is 55.7 Å². The van der Waals surface area contributed by atoms with Gasteiger partial charge in [0.05, 0.1) is 24.8 Å². The van der Waals surface area contributed by atoms with Crippen molar-refractivity contribution < 1.29 is 46.7 Å². The summed E-state index contributed by atoms with van der Waals surface area (Å²) in [7, 11) is -3.87. The van der Waals surface area contributed by atoms with Crippen LogP contribution < -0.4 is 14.8 Å². The Bertz CT molecular complexity index is 1220. The van der Waals surface area contributed by atoms with Crippen LogP contribution in [0.1, 0.15) is 51.2 Å². The van der Waals surface area contributed by atoms with Crippen LogP contribution in [0.2, 0.25) is 0 Å². The summed E-state index contributed by atoms with van der Waals surface area (Å²) in [4.78, 5) is 24.2. The zero-order valence-electron chi connectivity index (χ0n) is 22.7. The molecule has 1 aromatic carbocycles. The lowest BCUT2D eigenvalue weighted by atomic mass is 10.1. The molecule has 3 heterocycles. The lowest BCUT2D eigenvalue weighted by Crippen LogP contribution is -2.46. The van der Waals surface area contributed by atoms with Gasteiger partial charge in [0.2, 0.25) is 0 Å². The van der Waals surface area contributed by atoms with Gasteiger partial charge >= 0.3 is 13.6 Å². The Morgan fingerprint density at radius 1 is 1.08 bits per heavy atom. The fourth-order valence-electron chi connectivity index (χ4n) is 4.53. The molecule has 12 heteroatoms. The summed E-state index contributed by atoms with van der Waals surface area (Å²) in [5, 5.41) is 0. The summed E-state index contributed by atoms with van der Waals surface area (Å²) in [5.41, 5.74) is 5.76. The molecule has 0 saturated carbocycles. The molecule has 2 aliphatic heterocycles. The third-order valence-electron chi connectivity index (χ3n) is 6.20. The summed E-state index contributed by atoms with van der Waals surface area (Å²) in [6.07, 6.45) is 0.320. The number of esters is 1. The summed E-state index contributed by atoms with van der Waals surface area (Å²) in [6.45, 7) is 8.52. The SMILES string of the molecule is CC(C)OC(=O)[C@H](C)CP(=O)(OC[C@H]1O[C@@H]([n+]2cccc(C(N)=O)c2)C2OC(C)(C)O[C@H]21)Oc1ccccc1. The highest BCUT2D eigenvalue weighted by Crippen LogP contribution is 2.51. The molecule has 2 N–H and O–H groups in total. The van der Waals surface area contributed by atoms with Crippen molar-refractivity contribution in [2.45, 2.75) is 71.0 Å². The lowest BCUT2D eigenvalue weighted by molar-refractivity contribution is -0.766. The minimum absolute atomic E-state index is 0.163. The van der Waals surface area contributed by atoms with Gasteiger partial charge in [0.25, 0.3) is 12.1 Å². The Morgan fingerprint density at radius 3 is 2.44 bits per heavy atom. The molecule has 0 radical (unpaired) electrons. The number of hydrogen-bond acceptors (Lipinski definition) is 9. The average Bonchev–Trinajstić information content (AvgIpc) is 3.35. The summed E-state index contributed by atoms with van der Waals surface area (Å²) >= 11 is 0. The van der Waals surface area contributed by atoms with Crippen LogP contribution in [0.5, 0.6) is 5.75 Å². The van der Waals surface area contributed by atoms with Crippen LogP contribution in [0, 0.1) is 5.92 Å². The van der Waals surface area contributed by atoms with E-state index in [9.17, 15) is 14.2 Å². The van der Waals surface area contributed by atoms with Crippen molar-refractivity contribution in [2.24, 2.45) is 11.7 Å². The van der Waals surface area contributed by atoms with Crippen LogP contribution >= 0.6 is 7.60 Å². The normalized spacial score (nSPS) is 26.0. The number of rotatable bonds is 11. The van der Waals surface area contributed by atoms with Gasteiger partial charge in [0, 0.05) is 6.07 Å². The second kappa shape index (κ2) is 11.7. The lowest BCUT2D eigenvalue weighted by Gasteiger charge is -2.25. The van der Waals surface area contributed by atoms with Gasteiger partial charge in [0.15, 0.2) is 24.3 Å². The standard InChI is InChI=1S/C27H35N2O9P/c1-17(2)34-26(31)18(3)16-39(32,38-20-11-7-6-8-12-20)33-15-21-22-23(37-27(4,5)36-22)25(35-21)29-13-9-10-19(14-29)24(28)30/h6-14,17-18,21-23,25H,15-16H2,1-5H3,(H-,28,30)/p+1/t18-,21-,22+,23?,25-,39?/m1/s1. The van der Waals surface area contributed by atoms with E-state index in [4.69, 9.17) is 33.7 Å². The van der Waals surface area contributed by atoms with Crippen LogP contribution in [-0.4, -0.2) is 54.8 Å². The Kier molecular flexibility index (Phi) is 8.78. The molecule has 1 amide bonds. The first kappa shape index (κ1) is 29.2. The fraction of sp³-hybridized carbons (Fsp3) is 0.519. The quantitative estimate of drug-likeness (QED) is 0.248. The molecule has 212 valence electrons. The molecule has 39 heavy (non-hydrogen) atoms. The number of para-hydroxylation sites is 1. The van der Waals surface area contributed by atoms with Crippen LogP contribution in [-0.2, 0) is 32.8 Å². The van der Waals surface area contributed by atoms with Crippen molar-refractivity contribution in [2.75, 3.05) is 12.8 Å². The molecular formula is C27H36N2O9P+. The molecule has 0 bridgehead atoms. The topological polar surface area (TPSA) is 136 Å². The monoisotopic (exact) mass is 563 g/mol. The van der Waals surface area contributed by atoms with Crippen LogP contribution in [0.3, 0.4) is 0 Å². The maximum absolute atomic E-state index is 14.0. The van der Waals surface area contributed by atoms with E-state index >= 15 is 0 Å². The summed E-state index contributed by atoms with van der Waals surface area (Å²) < 4.78 is 51.3. The largest absolute Gasteiger partial charge is 0.463 e.